The fraction of sp³-hybridized carbons (Fsp3) is 0.636. The second-order valence-electron chi connectivity index (χ2n) is 4.52. The molecule has 1 heterocycles. The molecule has 1 aliphatic carbocycles. The number of hydrogen-bond donors (Lipinski definition) is 1. The van der Waals surface area contributed by atoms with Crippen molar-refractivity contribution in [2.24, 2.45) is 0 Å². The summed E-state index contributed by atoms with van der Waals surface area (Å²) < 4.78 is 1.49. The van der Waals surface area contributed by atoms with E-state index in [2.05, 4.69) is 17.2 Å². The number of aromatic nitrogens is 2. The van der Waals surface area contributed by atoms with E-state index >= 15 is 0 Å². The number of nitrogens with one attached hydrogen (secondary N) is 1. The molecule has 0 saturated heterocycles. The van der Waals surface area contributed by atoms with E-state index in [1.165, 1.54) is 30.2 Å². The second-order valence-corrected chi connectivity index (χ2v) is 4.52. The highest BCUT2D eigenvalue weighted by molar-refractivity contribution is 5.77. The van der Waals surface area contributed by atoms with Crippen molar-refractivity contribution in [1.82, 2.24) is 14.9 Å². The van der Waals surface area contributed by atoms with Gasteiger partial charge in [0.1, 0.15) is 6.33 Å². The zero-order chi connectivity index (χ0) is 10.7. The van der Waals surface area contributed by atoms with Gasteiger partial charge in [0.25, 0.3) is 0 Å². The van der Waals surface area contributed by atoms with Gasteiger partial charge in [-0.25, -0.2) is 9.78 Å². The molecular weight excluding hydrogens is 190 g/mol. The van der Waals surface area contributed by atoms with Crippen LogP contribution in [0.4, 0.5) is 4.79 Å². The molecule has 1 aromatic heterocycles. The minimum atomic E-state index is -0.0723. The van der Waals surface area contributed by atoms with Gasteiger partial charge in [0.05, 0.1) is 0 Å². The van der Waals surface area contributed by atoms with Gasteiger partial charge in [0.2, 0.25) is 0 Å². The topological polar surface area (TPSA) is 46.9 Å². The highest BCUT2D eigenvalue weighted by Crippen LogP contribution is 2.27. The van der Waals surface area contributed by atoms with E-state index in [-0.39, 0.29) is 11.6 Å². The van der Waals surface area contributed by atoms with Crippen molar-refractivity contribution in [3.05, 3.63) is 18.7 Å². The standard InChI is InChI=1S/C11H17N3O/c1-11(5-3-2-4-6-11)13-10(15)14-8-7-12-9-14/h7-9H,2-6H2,1H3,(H,13,15). The minimum Gasteiger partial charge on any atom is -0.332 e. The van der Waals surface area contributed by atoms with Gasteiger partial charge < -0.3 is 5.32 Å². The minimum absolute atomic E-state index is 0.0282. The molecule has 15 heavy (non-hydrogen) atoms. The third-order valence-electron chi connectivity index (χ3n) is 3.10. The van der Waals surface area contributed by atoms with Crippen LogP contribution in [-0.2, 0) is 0 Å². The Kier molecular flexibility index (Phi) is 2.75. The lowest BCUT2D eigenvalue weighted by molar-refractivity contribution is 0.212. The Morgan fingerprint density at radius 1 is 1.40 bits per heavy atom. The van der Waals surface area contributed by atoms with Crippen molar-refractivity contribution in [3.8, 4) is 0 Å². The lowest BCUT2D eigenvalue weighted by Crippen LogP contribution is -2.48. The third-order valence-corrected chi connectivity index (χ3v) is 3.10. The van der Waals surface area contributed by atoms with Crippen LogP contribution in [0.5, 0.6) is 0 Å². The van der Waals surface area contributed by atoms with Crippen molar-refractivity contribution in [2.75, 3.05) is 0 Å². The molecule has 1 saturated carbocycles. The SMILES string of the molecule is CC1(NC(=O)n2ccnc2)CCCCC1. The Balaban J connectivity index is 1.98. The van der Waals surface area contributed by atoms with E-state index in [1.54, 1.807) is 12.4 Å². The van der Waals surface area contributed by atoms with Crippen LogP contribution in [0.15, 0.2) is 18.7 Å². The van der Waals surface area contributed by atoms with Crippen LogP contribution >= 0.6 is 0 Å². The largest absolute Gasteiger partial charge is 0.332 e. The summed E-state index contributed by atoms with van der Waals surface area (Å²) in [7, 11) is 0. The van der Waals surface area contributed by atoms with Crippen LogP contribution in [0.2, 0.25) is 0 Å². The fourth-order valence-corrected chi connectivity index (χ4v) is 2.16. The van der Waals surface area contributed by atoms with Crippen LogP contribution in [0, 0.1) is 0 Å². The molecule has 0 spiro atoms. The summed E-state index contributed by atoms with van der Waals surface area (Å²) in [6, 6.07) is -0.0723. The maximum Gasteiger partial charge on any atom is 0.327 e. The molecule has 1 amide bonds. The van der Waals surface area contributed by atoms with E-state index in [4.69, 9.17) is 0 Å². The van der Waals surface area contributed by atoms with E-state index in [1.807, 2.05) is 0 Å². The molecule has 0 radical (unpaired) electrons. The highest BCUT2D eigenvalue weighted by atomic mass is 16.2. The normalized spacial score (nSPS) is 19.8. The maximum atomic E-state index is 11.8. The van der Waals surface area contributed by atoms with E-state index in [0.717, 1.165) is 12.8 Å². The van der Waals surface area contributed by atoms with Crippen LogP contribution in [0.1, 0.15) is 39.0 Å². The number of imidazole rings is 1. The smallest absolute Gasteiger partial charge is 0.327 e. The van der Waals surface area contributed by atoms with Crippen molar-refractivity contribution in [3.63, 3.8) is 0 Å². The summed E-state index contributed by atoms with van der Waals surface area (Å²) in [6.07, 6.45) is 10.7. The first kappa shape index (κ1) is 10.2. The number of nitrogens with zero attached hydrogens (tertiary/aromatic N) is 2. The molecule has 0 aliphatic heterocycles. The maximum absolute atomic E-state index is 11.8. The number of carbonyl (C=O) groups is 1. The molecule has 4 nitrogen and oxygen atoms in total. The van der Waals surface area contributed by atoms with Crippen molar-refractivity contribution >= 4 is 6.03 Å². The van der Waals surface area contributed by atoms with Gasteiger partial charge in [-0.3, -0.25) is 4.57 Å². The van der Waals surface area contributed by atoms with E-state index < -0.39 is 0 Å². The van der Waals surface area contributed by atoms with Gasteiger partial charge in [-0.05, 0) is 19.8 Å². The van der Waals surface area contributed by atoms with Gasteiger partial charge >= 0.3 is 6.03 Å². The lowest BCUT2D eigenvalue weighted by atomic mass is 9.83. The van der Waals surface area contributed by atoms with Crippen molar-refractivity contribution in [1.29, 1.82) is 0 Å². The summed E-state index contributed by atoms with van der Waals surface area (Å²) in [4.78, 5) is 15.7. The zero-order valence-corrected chi connectivity index (χ0v) is 9.07. The first-order valence-corrected chi connectivity index (χ1v) is 5.50. The van der Waals surface area contributed by atoms with Crippen LogP contribution in [0.25, 0.3) is 0 Å². The Bertz CT molecular complexity index is 326. The van der Waals surface area contributed by atoms with Gasteiger partial charge in [0, 0.05) is 17.9 Å². The summed E-state index contributed by atoms with van der Waals surface area (Å²) in [5.41, 5.74) is -0.0282. The summed E-state index contributed by atoms with van der Waals surface area (Å²) in [5, 5.41) is 3.08. The molecule has 0 atom stereocenters. The number of carbonyl (C=O) groups excluding carboxylic acids is 1. The van der Waals surface area contributed by atoms with Crippen LogP contribution in [-0.4, -0.2) is 21.1 Å². The highest BCUT2D eigenvalue weighted by Gasteiger charge is 2.28. The first-order valence-electron chi connectivity index (χ1n) is 5.50. The first-order chi connectivity index (χ1) is 7.20. The van der Waals surface area contributed by atoms with Crippen LogP contribution < -0.4 is 5.32 Å². The quantitative estimate of drug-likeness (QED) is 0.767. The summed E-state index contributed by atoms with van der Waals surface area (Å²) in [6.45, 7) is 2.13. The van der Waals surface area contributed by atoms with Crippen molar-refractivity contribution < 1.29 is 4.79 Å². The molecule has 1 N–H and O–H groups in total. The Morgan fingerprint density at radius 3 is 2.73 bits per heavy atom. The van der Waals surface area contributed by atoms with Gasteiger partial charge in [-0.2, -0.15) is 0 Å². The summed E-state index contributed by atoms with van der Waals surface area (Å²) >= 11 is 0. The lowest BCUT2D eigenvalue weighted by Gasteiger charge is -2.34. The fourth-order valence-electron chi connectivity index (χ4n) is 2.16. The second kappa shape index (κ2) is 4.04. The van der Waals surface area contributed by atoms with Gasteiger partial charge in [-0.15, -0.1) is 0 Å². The third kappa shape index (κ3) is 2.37. The molecule has 0 unspecified atom stereocenters. The molecule has 1 fully saturated rings. The molecule has 82 valence electrons. The average molecular weight is 207 g/mol. The Hall–Kier alpha value is -1.32. The molecule has 0 bridgehead atoms. The molecule has 1 aliphatic rings. The van der Waals surface area contributed by atoms with E-state index in [0.29, 0.717) is 0 Å². The average Bonchev–Trinajstić information content (AvgIpc) is 2.70. The number of hydrogen-bond acceptors (Lipinski definition) is 2. The van der Waals surface area contributed by atoms with Gasteiger partial charge in [0.15, 0.2) is 0 Å². The Morgan fingerprint density at radius 2 is 2.13 bits per heavy atom. The predicted octanol–water partition coefficient (Wildman–Crippen LogP) is 2.16. The number of rotatable bonds is 1. The summed E-state index contributed by atoms with van der Waals surface area (Å²) in [5.74, 6) is 0. The zero-order valence-electron chi connectivity index (χ0n) is 9.07. The predicted molar refractivity (Wildman–Crippen MR) is 57.6 cm³/mol. The molecule has 4 heteroatoms. The molecule has 2 rings (SSSR count). The van der Waals surface area contributed by atoms with E-state index in [9.17, 15) is 4.79 Å². The molecule has 1 aromatic rings. The van der Waals surface area contributed by atoms with Gasteiger partial charge in [-0.1, -0.05) is 19.3 Å². The molecular formula is C11H17N3O. The van der Waals surface area contributed by atoms with Crippen molar-refractivity contribution in [2.45, 2.75) is 44.6 Å². The van der Waals surface area contributed by atoms with Crippen LogP contribution in [0.3, 0.4) is 0 Å². The monoisotopic (exact) mass is 207 g/mol. The Labute approximate surface area is 89.7 Å². The molecule has 0 aromatic carbocycles. The number of amides is 1.